The highest BCUT2D eigenvalue weighted by molar-refractivity contribution is 5.75. The number of carboxylic acids is 1. The third-order valence-electron chi connectivity index (χ3n) is 2.90. The number of amides is 2. The lowest BCUT2D eigenvalue weighted by Crippen LogP contribution is -2.65. The van der Waals surface area contributed by atoms with Gasteiger partial charge < -0.3 is 19.6 Å². The van der Waals surface area contributed by atoms with Gasteiger partial charge in [-0.3, -0.25) is 0 Å². The zero-order valence-corrected chi connectivity index (χ0v) is 10.6. The molecule has 0 atom stereocenters. The summed E-state index contributed by atoms with van der Waals surface area (Å²) in [4.78, 5) is 25.7. The van der Waals surface area contributed by atoms with Crippen molar-refractivity contribution in [2.45, 2.75) is 26.4 Å². The molecule has 98 valence electrons. The lowest BCUT2D eigenvalue weighted by atomic mass is 9.97. The molecule has 1 heterocycles. The number of aliphatic carboxylic acids is 1. The van der Waals surface area contributed by atoms with Crippen molar-refractivity contribution < 1.29 is 19.4 Å². The zero-order valence-electron chi connectivity index (χ0n) is 10.6. The molecule has 0 radical (unpaired) electrons. The second-order valence-electron chi connectivity index (χ2n) is 4.44. The first-order chi connectivity index (χ1) is 7.91. The quantitative estimate of drug-likeness (QED) is 0.769. The maximum absolute atomic E-state index is 11.9. The largest absolute Gasteiger partial charge is 0.480 e. The Morgan fingerprint density at radius 3 is 2.29 bits per heavy atom. The number of rotatable bonds is 5. The van der Waals surface area contributed by atoms with Crippen LogP contribution in [0.3, 0.4) is 0 Å². The van der Waals surface area contributed by atoms with Gasteiger partial charge in [0.25, 0.3) is 0 Å². The van der Waals surface area contributed by atoms with Gasteiger partial charge in [0.1, 0.15) is 12.2 Å². The van der Waals surface area contributed by atoms with E-state index in [-0.39, 0.29) is 12.6 Å². The average molecular weight is 244 g/mol. The summed E-state index contributed by atoms with van der Waals surface area (Å²) in [5.74, 6) is -0.986. The van der Waals surface area contributed by atoms with Gasteiger partial charge in [0, 0.05) is 13.1 Å². The highest BCUT2D eigenvalue weighted by Crippen LogP contribution is 2.25. The van der Waals surface area contributed by atoms with Crippen molar-refractivity contribution >= 4 is 12.0 Å². The van der Waals surface area contributed by atoms with Gasteiger partial charge in [-0.25, -0.2) is 9.59 Å². The molecule has 2 amide bonds. The fourth-order valence-corrected chi connectivity index (χ4v) is 1.92. The molecule has 17 heavy (non-hydrogen) atoms. The number of ether oxygens (including phenoxy) is 1. The Morgan fingerprint density at radius 1 is 1.35 bits per heavy atom. The van der Waals surface area contributed by atoms with E-state index >= 15 is 0 Å². The Labute approximate surface area is 101 Å². The Hall–Kier alpha value is -1.30. The normalized spacial score (nSPS) is 17.5. The smallest absolute Gasteiger partial charge is 0.329 e. The van der Waals surface area contributed by atoms with Crippen molar-refractivity contribution in [3.05, 3.63) is 0 Å². The molecule has 0 aromatic rings. The molecule has 1 aliphatic heterocycles. The van der Waals surface area contributed by atoms with E-state index in [1.54, 1.807) is 9.80 Å². The topological polar surface area (TPSA) is 70.1 Å². The molecular formula is C11H20N2O4. The van der Waals surface area contributed by atoms with E-state index in [1.165, 1.54) is 0 Å². The lowest BCUT2D eigenvalue weighted by Gasteiger charge is -2.48. The van der Waals surface area contributed by atoms with E-state index in [2.05, 4.69) is 0 Å². The summed E-state index contributed by atoms with van der Waals surface area (Å²) in [6, 6.07) is -0.00796. The monoisotopic (exact) mass is 244 g/mol. The molecule has 0 aromatic carbocycles. The van der Waals surface area contributed by atoms with Crippen molar-refractivity contribution in [2.75, 3.05) is 32.8 Å². The molecule has 0 aliphatic carbocycles. The van der Waals surface area contributed by atoms with Crippen LogP contribution in [-0.2, 0) is 9.53 Å². The van der Waals surface area contributed by atoms with Crippen LogP contribution < -0.4 is 0 Å². The van der Waals surface area contributed by atoms with Crippen LogP contribution in [0.1, 0.15) is 20.8 Å². The Balaban J connectivity index is 2.39. The standard InChI is InChI=1S/C11H20N2O4/c1-4-12(5-2)10(16)13-7-11(3,8-13)17-6-9(14)15/h4-8H2,1-3H3,(H,14,15). The second-order valence-corrected chi connectivity index (χ2v) is 4.44. The van der Waals surface area contributed by atoms with Gasteiger partial charge in [0.05, 0.1) is 13.1 Å². The van der Waals surface area contributed by atoms with Crippen LogP contribution in [0.25, 0.3) is 0 Å². The number of carbonyl (C=O) groups is 2. The molecule has 0 saturated carbocycles. The van der Waals surface area contributed by atoms with Crippen molar-refractivity contribution in [3.8, 4) is 0 Å². The van der Waals surface area contributed by atoms with Gasteiger partial charge in [-0.15, -0.1) is 0 Å². The summed E-state index contributed by atoms with van der Waals surface area (Å²) >= 11 is 0. The Morgan fingerprint density at radius 2 is 1.88 bits per heavy atom. The summed E-state index contributed by atoms with van der Waals surface area (Å²) in [6.07, 6.45) is 0. The van der Waals surface area contributed by atoms with Crippen LogP contribution in [0.4, 0.5) is 4.79 Å². The summed E-state index contributed by atoms with van der Waals surface area (Å²) in [5.41, 5.74) is -0.513. The fourth-order valence-electron chi connectivity index (χ4n) is 1.92. The minimum absolute atomic E-state index is 0.00796. The minimum atomic E-state index is -0.986. The first-order valence-electron chi connectivity index (χ1n) is 5.81. The Kier molecular flexibility index (Phi) is 4.34. The first kappa shape index (κ1) is 13.8. The van der Waals surface area contributed by atoms with E-state index in [0.717, 1.165) is 0 Å². The SMILES string of the molecule is CCN(CC)C(=O)N1CC(C)(OCC(=O)O)C1. The summed E-state index contributed by atoms with van der Waals surface area (Å²) in [7, 11) is 0. The molecule has 0 aromatic heterocycles. The average Bonchev–Trinajstić information content (AvgIpc) is 2.24. The molecule has 6 heteroatoms. The minimum Gasteiger partial charge on any atom is -0.480 e. The van der Waals surface area contributed by atoms with E-state index in [4.69, 9.17) is 9.84 Å². The van der Waals surface area contributed by atoms with Crippen molar-refractivity contribution in [2.24, 2.45) is 0 Å². The number of urea groups is 1. The second kappa shape index (κ2) is 5.35. The maximum atomic E-state index is 11.9. The number of likely N-dealkylation sites (tertiary alicyclic amines) is 1. The molecule has 0 spiro atoms. The predicted molar refractivity (Wildman–Crippen MR) is 61.9 cm³/mol. The lowest BCUT2D eigenvalue weighted by molar-refractivity contribution is -0.160. The zero-order chi connectivity index (χ0) is 13.1. The number of hydrogen-bond acceptors (Lipinski definition) is 3. The fraction of sp³-hybridized carbons (Fsp3) is 0.818. The molecule has 6 nitrogen and oxygen atoms in total. The van der Waals surface area contributed by atoms with Crippen LogP contribution in [-0.4, -0.2) is 65.3 Å². The van der Waals surface area contributed by atoms with Gasteiger partial charge >= 0.3 is 12.0 Å². The third kappa shape index (κ3) is 3.33. The molecule has 1 aliphatic rings. The van der Waals surface area contributed by atoms with Gasteiger partial charge in [-0.05, 0) is 20.8 Å². The molecule has 1 rings (SSSR count). The molecule has 1 fully saturated rings. The van der Waals surface area contributed by atoms with E-state index in [1.807, 2.05) is 20.8 Å². The van der Waals surface area contributed by atoms with Crippen molar-refractivity contribution in [1.82, 2.24) is 9.80 Å². The number of nitrogens with zero attached hydrogens (tertiary/aromatic N) is 2. The van der Waals surface area contributed by atoms with E-state index in [0.29, 0.717) is 26.2 Å². The molecular weight excluding hydrogens is 224 g/mol. The van der Waals surface area contributed by atoms with E-state index in [9.17, 15) is 9.59 Å². The molecule has 0 bridgehead atoms. The highest BCUT2D eigenvalue weighted by atomic mass is 16.5. The predicted octanol–water partition coefficient (Wildman–Crippen LogP) is 0.624. The van der Waals surface area contributed by atoms with Gasteiger partial charge in [-0.2, -0.15) is 0 Å². The Bertz CT molecular complexity index is 296. The molecule has 1 saturated heterocycles. The summed E-state index contributed by atoms with van der Waals surface area (Å²) < 4.78 is 5.24. The third-order valence-corrected chi connectivity index (χ3v) is 2.90. The van der Waals surface area contributed by atoms with Gasteiger partial charge in [0.15, 0.2) is 0 Å². The number of hydrogen-bond donors (Lipinski definition) is 1. The van der Waals surface area contributed by atoms with Crippen LogP contribution in [0.2, 0.25) is 0 Å². The van der Waals surface area contributed by atoms with Crippen LogP contribution in [0, 0.1) is 0 Å². The van der Waals surface area contributed by atoms with Crippen molar-refractivity contribution in [1.29, 1.82) is 0 Å². The maximum Gasteiger partial charge on any atom is 0.329 e. The van der Waals surface area contributed by atoms with Crippen molar-refractivity contribution in [3.63, 3.8) is 0 Å². The summed E-state index contributed by atoms with van der Waals surface area (Å²) in [5, 5.41) is 8.52. The van der Waals surface area contributed by atoms with Crippen LogP contribution in [0.15, 0.2) is 0 Å². The van der Waals surface area contributed by atoms with Gasteiger partial charge in [0.2, 0.25) is 0 Å². The van der Waals surface area contributed by atoms with E-state index < -0.39 is 11.6 Å². The number of carbonyl (C=O) groups excluding carboxylic acids is 1. The van der Waals surface area contributed by atoms with Gasteiger partial charge in [-0.1, -0.05) is 0 Å². The molecule has 0 unspecified atom stereocenters. The van der Waals surface area contributed by atoms with Crippen LogP contribution >= 0.6 is 0 Å². The summed E-state index contributed by atoms with van der Waals surface area (Å²) in [6.45, 7) is 7.64. The first-order valence-corrected chi connectivity index (χ1v) is 5.81. The number of carboxylic acid groups (broad SMARTS) is 1. The molecule has 1 N–H and O–H groups in total. The highest BCUT2D eigenvalue weighted by Gasteiger charge is 2.43. The van der Waals surface area contributed by atoms with Crippen LogP contribution in [0.5, 0.6) is 0 Å².